The molecule has 4 rings (SSSR count). The molecular formula is C21H13BrFNO4. The van der Waals surface area contributed by atoms with E-state index < -0.39 is 5.82 Å². The minimum Gasteiger partial charge on any atom is -0.484 e. The molecular weight excluding hydrogens is 429 g/mol. The van der Waals surface area contributed by atoms with Crippen molar-refractivity contribution in [1.82, 2.24) is 0 Å². The number of benzene rings is 3. The van der Waals surface area contributed by atoms with Gasteiger partial charge >= 0.3 is 0 Å². The topological polar surface area (TPSA) is 68.5 Å². The lowest BCUT2D eigenvalue weighted by atomic mass is 10.1. The Kier molecular flexibility index (Phi) is 4.83. The van der Waals surface area contributed by atoms with Gasteiger partial charge in [-0.15, -0.1) is 0 Å². The summed E-state index contributed by atoms with van der Waals surface area (Å²) in [6.07, 6.45) is 0. The van der Waals surface area contributed by atoms with Gasteiger partial charge in [-0.2, -0.15) is 0 Å². The number of hydrogen-bond donors (Lipinski definition) is 1. The maximum absolute atomic E-state index is 14.0. The summed E-state index contributed by atoms with van der Waals surface area (Å²) in [7, 11) is 0. The Morgan fingerprint density at radius 1 is 1.07 bits per heavy atom. The fourth-order valence-corrected chi connectivity index (χ4v) is 3.06. The number of para-hydroxylation sites is 1. The zero-order valence-corrected chi connectivity index (χ0v) is 16.0. The smallest absolute Gasteiger partial charge is 0.262 e. The van der Waals surface area contributed by atoms with E-state index in [0.29, 0.717) is 16.8 Å². The van der Waals surface area contributed by atoms with Crippen LogP contribution in [0.4, 0.5) is 10.1 Å². The monoisotopic (exact) mass is 441 g/mol. The van der Waals surface area contributed by atoms with Crippen LogP contribution in [-0.4, -0.2) is 12.5 Å². The number of halogens is 2. The molecule has 140 valence electrons. The molecule has 0 spiro atoms. The normalized spacial score (nSPS) is 10.9. The SMILES string of the molecule is O=C(COc1ccc(Br)cc1)Nc1ccc2c(=O)c3cccc(F)c3oc2c1. The second-order valence-electron chi connectivity index (χ2n) is 6.05. The highest BCUT2D eigenvalue weighted by molar-refractivity contribution is 9.10. The Balaban J connectivity index is 1.56. The van der Waals surface area contributed by atoms with E-state index in [1.807, 2.05) is 12.1 Å². The molecule has 3 aromatic carbocycles. The third-order valence-electron chi connectivity index (χ3n) is 4.12. The quantitative estimate of drug-likeness (QED) is 0.459. The van der Waals surface area contributed by atoms with E-state index in [2.05, 4.69) is 21.2 Å². The van der Waals surface area contributed by atoms with E-state index in [1.165, 1.54) is 30.3 Å². The highest BCUT2D eigenvalue weighted by Gasteiger charge is 2.12. The van der Waals surface area contributed by atoms with Crippen molar-refractivity contribution >= 4 is 49.5 Å². The molecule has 1 heterocycles. The first kappa shape index (κ1) is 18.2. The average Bonchev–Trinajstić information content (AvgIpc) is 2.68. The Morgan fingerprint density at radius 2 is 1.86 bits per heavy atom. The van der Waals surface area contributed by atoms with Gasteiger partial charge in [-0.1, -0.05) is 22.0 Å². The van der Waals surface area contributed by atoms with Crippen molar-refractivity contribution in [2.45, 2.75) is 0 Å². The number of ether oxygens (including phenoxy) is 1. The number of nitrogens with one attached hydrogen (secondary N) is 1. The molecule has 0 atom stereocenters. The van der Waals surface area contributed by atoms with Crippen molar-refractivity contribution in [3.63, 3.8) is 0 Å². The van der Waals surface area contributed by atoms with E-state index >= 15 is 0 Å². The van der Waals surface area contributed by atoms with E-state index in [4.69, 9.17) is 9.15 Å². The van der Waals surface area contributed by atoms with Gasteiger partial charge in [-0.25, -0.2) is 4.39 Å². The fourth-order valence-electron chi connectivity index (χ4n) is 2.80. The molecule has 0 aliphatic rings. The molecule has 5 nitrogen and oxygen atoms in total. The van der Waals surface area contributed by atoms with Crippen molar-refractivity contribution in [1.29, 1.82) is 0 Å². The maximum atomic E-state index is 14.0. The lowest BCUT2D eigenvalue weighted by molar-refractivity contribution is -0.118. The Morgan fingerprint density at radius 3 is 2.64 bits per heavy atom. The molecule has 28 heavy (non-hydrogen) atoms. The first-order chi connectivity index (χ1) is 13.5. The molecule has 0 fully saturated rings. The standard InChI is InChI=1S/C21H13BrFNO4/c22-12-4-7-14(8-5-12)27-11-19(25)24-13-6-9-15-18(10-13)28-21-16(20(15)26)2-1-3-17(21)23/h1-10H,11H2,(H,24,25). The lowest BCUT2D eigenvalue weighted by Gasteiger charge is -2.08. The van der Waals surface area contributed by atoms with Crippen molar-refractivity contribution in [3.05, 3.63) is 81.2 Å². The molecule has 1 aromatic heterocycles. The highest BCUT2D eigenvalue weighted by Crippen LogP contribution is 2.23. The van der Waals surface area contributed by atoms with Gasteiger partial charge in [0.25, 0.3) is 5.91 Å². The van der Waals surface area contributed by atoms with Crippen molar-refractivity contribution < 1.29 is 18.3 Å². The van der Waals surface area contributed by atoms with E-state index in [-0.39, 0.29) is 34.5 Å². The first-order valence-electron chi connectivity index (χ1n) is 8.34. The summed E-state index contributed by atoms with van der Waals surface area (Å²) in [5.41, 5.74) is 0.166. The number of amides is 1. The van der Waals surface area contributed by atoms with Crippen molar-refractivity contribution in [2.24, 2.45) is 0 Å². The van der Waals surface area contributed by atoms with Crippen molar-refractivity contribution in [3.8, 4) is 5.75 Å². The van der Waals surface area contributed by atoms with Crippen LogP contribution in [0.15, 0.2) is 74.3 Å². The first-order valence-corrected chi connectivity index (χ1v) is 9.14. The van der Waals surface area contributed by atoms with Gasteiger partial charge in [0.1, 0.15) is 11.3 Å². The van der Waals surface area contributed by atoms with Crippen LogP contribution in [0.2, 0.25) is 0 Å². The predicted octanol–water partition coefficient (Wildman–Crippen LogP) is 4.87. The predicted molar refractivity (Wildman–Crippen MR) is 108 cm³/mol. The number of anilines is 1. The van der Waals surface area contributed by atoms with Gasteiger partial charge in [0.15, 0.2) is 18.0 Å². The summed E-state index contributed by atoms with van der Waals surface area (Å²) >= 11 is 3.32. The van der Waals surface area contributed by atoms with Crippen LogP contribution in [0.5, 0.6) is 5.75 Å². The molecule has 0 aliphatic heterocycles. The van der Waals surface area contributed by atoms with Gasteiger partial charge in [0.05, 0.1) is 10.8 Å². The highest BCUT2D eigenvalue weighted by atomic mass is 79.9. The van der Waals surface area contributed by atoms with Crippen LogP contribution in [0.3, 0.4) is 0 Å². The second kappa shape index (κ2) is 7.44. The number of rotatable bonds is 4. The summed E-state index contributed by atoms with van der Waals surface area (Å²) in [6, 6.07) is 15.9. The molecule has 0 saturated carbocycles. The third kappa shape index (κ3) is 3.61. The van der Waals surface area contributed by atoms with Crippen molar-refractivity contribution in [2.75, 3.05) is 11.9 Å². The van der Waals surface area contributed by atoms with Gasteiger partial charge in [-0.05, 0) is 48.5 Å². The number of hydrogen-bond acceptors (Lipinski definition) is 4. The lowest BCUT2D eigenvalue weighted by Crippen LogP contribution is -2.20. The van der Waals surface area contributed by atoms with Gasteiger partial charge < -0.3 is 14.5 Å². The zero-order chi connectivity index (χ0) is 19.7. The summed E-state index contributed by atoms with van der Waals surface area (Å²) in [6.45, 7) is -0.185. The summed E-state index contributed by atoms with van der Waals surface area (Å²) < 4.78 is 25.9. The van der Waals surface area contributed by atoms with Crippen LogP contribution in [0.1, 0.15) is 0 Å². The Hall–Kier alpha value is -3.19. The van der Waals surface area contributed by atoms with Crippen LogP contribution >= 0.6 is 15.9 Å². The minimum atomic E-state index is -0.617. The fraction of sp³-hybridized carbons (Fsp3) is 0.0476. The molecule has 4 aromatic rings. The maximum Gasteiger partial charge on any atom is 0.262 e. The Bertz CT molecular complexity index is 1250. The average molecular weight is 442 g/mol. The number of fused-ring (bicyclic) bond motifs is 2. The summed E-state index contributed by atoms with van der Waals surface area (Å²) in [5.74, 6) is -0.435. The molecule has 0 radical (unpaired) electrons. The second-order valence-corrected chi connectivity index (χ2v) is 6.97. The van der Waals surface area contributed by atoms with Gasteiger partial charge in [-0.3, -0.25) is 9.59 Å². The molecule has 7 heteroatoms. The molecule has 1 N–H and O–H groups in total. The van der Waals surface area contributed by atoms with E-state index in [0.717, 1.165) is 4.47 Å². The van der Waals surface area contributed by atoms with E-state index in [1.54, 1.807) is 18.2 Å². The van der Waals surface area contributed by atoms with Gasteiger partial charge in [0, 0.05) is 16.2 Å². The Labute approximate surface area is 166 Å². The van der Waals surface area contributed by atoms with E-state index in [9.17, 15) is 14.0 Å². The number of carbonyl (C=O) groups excluding carboxylic acids is 1. The largest absolute Gasteiger partial charge is 0.484 e. The number of carbonyl (C=O) groups is 1. The van der Waals surface area contributed by atoms with Crippen LogP contribution < -0.4 is 15.5 Å². The molecule has 0 saturated heterocycles. The summed E-state index contributed by atoms with van der Waals surface area (Å²) in [5, 5.41) is 3.15. The molecule has 0 unspecified atom stereocenters. The van der Waals surface area contributed by atoms with Gasteiger partial charge in [0.2, 0.25) is 5.43 Å². The minimum absolute atomic E-state index is 0.109. The van der Waals surface area contributed by atoms with Crippen LogP contribution in [-0.2, 0) is 4.79 Å². The zero-order valence-electron chi connectivity index (χ0n) is 14.4. The van der Waals surface area contributed by atoms with Crippen LogP contribution in [0, 0.1) is 5.82 Å². The summed E-state index contributed by atoms with van der Waals surface area (Å²) in [4.78, 5) is 24.6. The molecule has 0 bridgehead atoms. The molecule has 0 aliphatic carbocycles. The molecule has 1 amide bonds. The van der Waals surface area contributed by atoms with Crippen LogP contribution in [0.25, 0.3) is 21.9 Å². The third-order valence-corrected chi connectivity index (χ3v) is 4.65.